The largest absolute Gasteiger partial charge is 0.491 e. The topological polar surface area (TPSA) is 149 Å². The molecule has 5 aliphatic heterocycles. The number of aromatic nitrogens is 1. The standard InChI is InChI=1S/C32H40BrN5O5.C16H19NO2S/c1-16(2)12-24-29(40)37-11-7-10-25(37)32(42)38(24)30(41)31(43-32,17(3)4)35-28(39)18-13-20-19-8-6-9-22-26(19)21(27(33)34-22)14-23(20)36(5)15-18;1-2-6-16(19-12-14-11-17-7-8-18-14)13(4-1)10-15-5-3-9-20-15/h6,8-9,13,16-18,23-25,34,42H,7,10-12,14-15H2,1-5H3,(H,35,39);1-6,9,14,17H,7-8,10-12H2/t18-,23-,24+,25+,31-,32+;/m1./s1. The highest BCUT2D eigenvalue weighted by atomic mass is 79.9. The van der Waals surface area contributed by atoms with Crippen molar-refractivity contribution in [3.05, 3.63) is 92.2 Å². The number of piperazine rings is 1. The summed E-state index contributed by atoms with van der Waals surface area (Å²) in [5.74, 6) is -3.05. The molecule has 4 N–H and O–H groups in total. The van der Waals surface area contributed by atoms with Crippen molar-refractivity contribution in [3.8, 4) is 5.75 Å². The zero-order chi connectivity index (χ0) is 44.2. The van der Waals surface area contributed by atoms with Crippen LogP contribution >= 0.6 is 27.3 Å². The number of hydrogen-bond donors (Lipinski definition) is 4. The molecule has 4 fully saturated rings. The number of aromatic amines is 1. The van der Waals surface area contributed by atoms with Crippen molar-refractivity contribution in [2.45, 2.75) is 95.7 Å². The Morgan fingerprint density at radius 1 is 1.11 bits per heavy atom. The molecule has 4 aromatic rings. The number of likely N-dealkylation sites (N-methyl/N-ethyl adjacent to an activating group) is 1. The molecule has 4 saturated heterocycles. The van der Waals surface area contributed by atoms with E-state index in [0.717, 1.165) is 66.0 Å². The molecule has 0 bridgehead atoms. The number of amides is 3. The number of morpholine rings is 1. The van der Waals surface area contributed by atoms with Crippen molar-refractivity contribution in [1.29, 1.82) is 0 Å². The van der Waals surface area contributed by atoms with Crippen LogP contribution in [0.2, 0.25) is 0 Å². The number of benzene rings is 2. The van der Waals surface area contributed by atoms with Crippen molar-refractivity contribution < 1.29 is 33.7 Å². The number of carbonyl (C=O) groups is 3. The number of ether oxygens (including phenoxy) is 3. The summed E-state index contributed by atoms with van der Waals surface area (Å²) in [4.78, 5) is 52.2. The first kappa shape index (κ1) is 44.1. The Morgan fingerprint density at radius 2 is 1.94 bits per heavy atom. The maximum Gasteiger partial charge on any atom is 0.281 e. The molecule has 1 aliphatic carbocycles. The minimum absolute atomic E-state index is 0.104. The van der Waals surface area contributed by atoms with E-state index in [4.69, 9.17) is 14.2 Å². The van der Waals surface area contributed by atoms with Crippen molar-refractivity contribution in [1.82, 2.24) is 30.3 Å². The molecule has 1 unspecified atom stereocenters. The van der Waals surface area contributed by atoms with Gasteiger partial charge in [-0.05, 0) is 100 Å². The average molecular weight is 944 g/mol. The SMILES string of the molecule is CC(C)C[C@H]1C(=O)N2CCC[C@H]2[C@]2(O)O[C@](NC(=O)[C@@H]3C=C4c5cccc6[nH]c(Br)c(c56)C[C@H]4N(C)C3)(C(C)C)C(=O)N12.c1csc(Cc2ccccc2OCC2CNCCO2)c1. The molecule has 10 rings (SSSR count). The summed E-state index contributed by atoms with van der Waals surface area (Å²) < 4.78 is 19.1. The number of thiophene rings is 1. The third-order valence-electron chi connectivity index (χ3n) is 13.6. The molecule has 63 heavy (non-hydrogen) atoms. The van der Waals surface area contributed by atoms with E-state index in [2.05, 4.69) is 78.2 Å². The number of para-hydroxylation sites is 1. The smallest absolute Gasteiger partial charge is 0.281 e. The molecule has 7 heterocycles. The molecule has 336 valence electrons. The molecule has 15 heteroatoms. The van der Waals surface area contributed by atoms with Crippen LogP contribution in [0.15, 0.2) is 70.7 Å². The van der Waals surface area contributed by atoms with Gasteiger partial charge in [-0.2, -0.15) is 0 Å². The van der Waals surface area contributed by atoms with Crippen LogP contribution in [0.5, 0.6) is 5.75 Å². The van der Waals surface area contributed by atoms with Crippen LogP contribution in [-0.4, -0.2) is 125 Å². The second-order valence-electron chi connectivity index (χ2n) is 18.6. The first-order chi connectivity index (χ1) is 30.3. The Morgan fingerprint density at radius 3 is 2.68 bits per heavy atom. The summed E-state index contributed by atoms with van der Waals surface area (Å²) in [6.45, 7) is 11.8. The van der Waals surface area contributed by atoms with Gasteiger partial charge in [0.15, 0.2) is 0 Å². The number of nitrogens with zero attached hydrogens (tertiary/aromatic N) is 3. The summed E-state index contributed by atoms with van der Waals surface area (Å²) in [5.41, 5.74) is 3.91. The third kappa shape index (κ3) is 8.06. The predicted octanol–water partition coefficient (Wildman–Crippen LogP) is 5.90. The molecule has 6 aliphatic rings. The molecule has 2 aromatic heterocycles. The van der Waals surface area contributed by atoms with E-state index < -0.39 is 41.5 Å². The summed E-state index contributed by atoms with van der Waals surface area (Å²) >= 11 is 5.48. The highest BCUT2D eigenvalue weighted by Crippen LogP contribution is 2.49. The van der Waals surface area contributed by atoms with E-state index >= 15 is 0 Å². The minimum Gasteiger partial charge on any atom is -0.491 e. The van der Waals surface area contributed by atoms with Gasteiger partial charge in [0.1, 0.15) is 30.5 Å². The molecule has 2 aromatic carbocycles. The van der Waals surface area contributed by atoms with Crippen LogP contribution in [0.4, 0.5) is 0 Å². The van der Waals surface area contributed by atoms with Gasteiger partial charge in [0.2, 0.25) is 17.5 Å². The van der Waals surface area contributed by atoms with Gasteiger partial charge < -0.3 is 35.1 Å². The van der Waals surface area contributed by atoms with Crippen LogP contribution in [-0.2, 0) is 36.7 Å². The maximum atomic E-state index is 14.4. The maximum absolute atomic E-state index is 14.4. The Kier molecular flexibility index (Phi) is 12.4. The van der Waals surface area contributed by atoms with Crippen LogP contribution in [0.25, 0.3) is 16.5 Å². The Labute approximate surface area is 381 Å². The molecule has 7 atom stereocenters. The van der Waals surface area contributed by atoms with Crippen molar-refractivity contribution in [2.75, 3.05) is 46.4 Å². The fraction of sp³-hybridized carbons (Fsp3) is 0.521. The van der Waals surface area contributed by atoms with Gasteiger partial charge in [-0.15, -0.1) is 11.3 Å². The van der Waals surface area contributed by atoms with Gasteiger partial charge in [-0.1, -0.05) is 70.2 Å². The Bertz CT molecular complexity index is 2380. The second kappa shape index (κ2) is 17.7. The highest BCUT2D eigenvalue weighted by molar-refractivity contribution is 9.10. The van der Waals surface area contributed by atoms with Crippen LogP contribution in [0.3, 0.4) is 0 Å². The predicted molar refractivity (Wildman–Crippen MR) is 246 cm³/mol. The molecular formula is C48H59BrN6O7S. The lowest BCUT2D eigenvalue weighted by Gasteiger charge is -2.49. The van der Waals surface area contributed by atoms with E-state index in [-0.39, 0.29) is 29.9 Å². The number of rotatable bonds is 10. The fourth-order valence-electron chi connectivity index (χ4n) is 10.4. The zero-order valence-corrected chi connectivity index (χ0v) is 39.1. The average Bonchev–Trinajstić information content (AvgIpc) is 4.08. The number of aliphatic hydroxyl groups is 1. The Hall–Kier alpha value is -4.09. The molecule has 0 spiro atoms. The number of H-pyrrole nitrogens is 1. The first-order valence-corrected chi connectivity index (χ1v) is 24.1. The van der Waals surface area contributed by atoms with Crippen LogP contribution in [0, 0.1) is 17.8 Å². The molecule has 0 radical (unpaired) electrons. The second-order valence-corrected chi connectivity index (χ2v) is 20.4. The van der Waals surface area contributed by atoms with Gasteiger partial charge in [-0.3, -0.25) is 28.9 Å². The van der Waals surface area contributed by atoms with Gasteiger partial charge >= 0.3 is 0 Å². The van der Waals surface area contributed by atoms with Crippen molar-refractivity contribution >= 4 is 61.5 Å². The van der Waals surface area contributed by atoms with E-state index in [9.17, 15) is 19.5 Å². The summed E-state index contributed by atoms with van der Waals surface area (Å²) in [5, 5.41) is 21.7. The van der Waals surface area contributed by atoms with Crippen LogP contribution < -0.4 is 15.4 Å². The number of nitrogens with one attached hydrogen (secondary N) is 3. The lowest BCUT2D eigenvalue weighted by molar-refractivity contribution is -0.322. The van der Waals surface area contributed by atoms with E-state index in [0.29, 0.717) is 32.5 Å². The zero-order valence-electron chi connectivity index (χ0n) is 36.7. The minimum atomic E-state index is -2.01. The lowest BCUT2D eigenvalue weighted by atomic mass is 9.79. The van der Waals surface area contributed by atoms with E-state index in [1.807, 2.05) is 45.2 Å². The lowest BCUT2D eigenvalue weighted by Crippen LogP contribution is -2.71. The quantitative estimate of drug-likeness (QED) is 0.153. The normalized spacial score (nSPS) is 29.0. The van der Waals surface area contributed by atoms with Gasteiger partial charge in [0.05, 0.1) is 17.1 Å². The first-order valence-electron chi connectivity index (χ1n) is 22.4. The monoisotopic (exact) mass is 942 g/mol. The van der Waals surface area contributed by atoms with Crippen molar-refractivity contribution in [2.24, 2.45) is 17.8 Å². The number of carbonyl (C=O) groups excluding carboxylic acids is 3. The van der Waals surface area contributed by atoms with Gasteiger partial charge in [-0.25, -0.2) is 0 Å². The fourth-order valence-corrected chi connectivity index (χ4v) is 11.7. The molecule has 3 amide bonds. The summed E-state index contributed by atoms with van der Waals surface area (Å²) in [7, 11) is 2.03. The van der Waals surface area contributed by atoms with E-state index in [1.165, 1.54) is 26.3 Å². The Balaban J connectivity index is 0.000000210. The summed E-state index contributed by atoms with van der Waals surface area (Å²) in [6.07, 6.45) is 5.57. The summed E-state index contributed by atoms with van der Waals surface area (Å²) in [6, 6.07) is 17.3. The van der Waals surface area contributed by atoms with Crippen molar-refractivity contribution in [3.63, 3.8) is 0 Å². The van der Waals surface area contributed by atoms with Crippen LogP contribution in [0.1, 0.15) is 68.5 Å². The molecular weight excluding hydrogens is 885 g/mol. The van der Waals surface area contributed by atoms with E-state index in [1.54, 1.807) is 30.1 Å². The van der Waals surface area contributed by atoms with Gasteiger partial charge in [0, 0.05) is 60.3 Å². The highest BCUT2D eigenvalue weighted by Gasteiger charge is 2.72. The molecule has 0 saturated carbocycles. The number of fused-ring (bicyclic) bond motifs is 5. The third-order valence-corrected chi connectivity index (χ3v) is 15.2. The number of halogens is 1. The van der Waals surface area contributed by atoms with Gasteiger partial charge in [0.25, 0.3) is 11.8 Å². The molecule has 13 nitrogen and oxygen atoms in total. The number of hydrogen-bond acceptors (Lipinski definition) is 10.